The fourth-order valence-electron chi connectivity index (χ4n) is 3.37. The lowest BCUT2D eigenvalue weighted by Gasteiger charge is -2.28. The highest BCUT2D eigenvalue weighted by atomic mass is 32.1. The van der Waals surface area contributed by atoms with E-state index in [0.29, 0.717) is 6.04 Å². The summed E-state index contributed by atoms with van der Waals surface area (Å²) in [7, 11) is 0. The minimum absolute atomic E-state index is 0.203. The smallest absolute Gasteiger partial charge is 0.223 e. The average molecular weight is 307 g/mol. The first kappa shape index (κ1) is 15.0. The van der Waals surface area contributed by atoms with Gasteiger partial charge in [-0.2, -0.15) is 0 Å². The Kier molecular flexibility index (Phi) is 5.27. The Bertz CT molecular complexity index is 436. The number of thiophene rings is 1. The molecule has 0 spiro atoms. The minimum atomic E-state index is 0.203. The number of nitrogens with one attached hydrogen (secondary N) is 2. The molecule has 1 amide bonds. The van der Waals surface area contributed by atoms with Gasteiger partial charge in [0.1, 0.15) is 0 Å². The summed E-state index contributed by atoms with van der Waals surface area (Å²) in [4.78, 5) is 16.2. The molecule has 2 N–H and O–H groups in total. The lowest BCUT2D eigenvalue weighted by atomic mass is 9.97. The SMILES string of the molecule is O=C(NCC(c1cccs1)N1CCCC1)C1CCNCC1. The van der Waals surface area contributed by atoms with E-state index >= 15 is 0 Å². The Morgan fingerprint density at radius 2 is 2.14 bits per heavy atom. The summed E-state index contributed by atoms with van der Waals surface area (Å²) in [5.74, 6) is 0.450. The van der Waals surface area contributed by atoms with E-state index < -0.39 is 0 Å². The van der Waals surface area contributed by atoms with Crippen LogP contribution in [0.4, 0.5) is 0 Å². The van der Waals surface area contributed by atoms with Gasteiger partial charge in [0, 0.05) is 17.3 Å². The summed E-state index contributed by atoms with van der Waals surface area (Å²) in [6.45, 7) is 5.01. The number of likely N-dealkylation sites (tertiary alicyclic amines) is 1. The van der Waals surface area contributed by atoms with Crippen molar-refractivity contribution in [2.75, 3.05) is 32.7 Å². The van der Waals surface area contributed by atoms with Crippen LogP contribution in [-0.4, -0.2) is 43.5 Å². The molecule has 0 aromatic carbocycles. The zero-order valence-corrected chi connectivity index (χ0v) is 13.3. The number of hydrogen-bond acceptors (Lipinski definition) is 4. The third-order valence-corrected chi connectivity index (χ3v) is 5.61. The molecule has 1 aromatic heterocycles. The second-order valence-corrected chi connectivity index (χ2v) is 7.02. The number of nitrogens with zero attached hydrogens (tertiary/aromatic N) is 1. The molecule has 1 unspecified atom stereocenters. The van der Waals surface area contributed by atoms with Crippen LogP contribution in [0, 0.1) is 5.92 Å². The van der Waals surface area contributed by atoms with Crippen LogP contribution in [0.2, 0.25) is 0 Å². The number of carbonyl (C=O) groups excluding carboxylic acids is 1. The van der Waals surface area contributed by atoms with Crippen LogP contribution in [0.1, 0.15) is 36.6 Å². The fraction of sp³-hybridized carbons (Fsp3) is 0.688. The summed E-state index contributed by atoms with van der Waals surface area (Å²) < 4.78 is 0. The second-order valence-electron chi connectivity index (χ2n) is 6.04. The molecule has 3 heterocycles. The van der Waals surface area contributed by atoms with Crippen LogP contribution in [0.3, 0.4) is 0 Å². The number of rotatable bonds is 5. The van der Waals surface area contributed by atoms with Crippen LogP contribution in [0.15, 0.2) is 17.5 Å². The van der Waals surface area contributed by atoms with E-state index in [1.165, 1.54) is 17.7 Å². The van der Waals surface area contributed by atoms with Gasteiger partial charge in [0.25, 0.3) is 0 Å². The van der Waals surface area contributed by atoms with E-state index in [2.05, 4.69) is 33.0 Å². The molecular formula is C16H25N3OS. The van der Waals surface area contributed by atoms with Crippen molar-refractivity contribution < 1.29 is 4.79 Å². The van der Waals surface area contributed by atoms with Gasteiger partial charge >= 0.3 is 0 Å². The molecule has 0 bridgehead atoms. The highest BCUT2D eigenvalue weighted by Gasteiger charge is 2.26. The molecule has 2 aliphatic heterocycles. The molecule has 21 heavy (non-hydrogen) atoms. The van der Waals surface area contributed by atoms with E-state index in [4.69, 9.17) is 0 Å². The Balaban J connectivity index is 1.58. The van der Waals surface area contributed by atoms with E-state index in [1.807, 2.05) is 0 Å². The van der Waals surface area contributed by atoms with E-state index in [1.54, 1.807) is 11.3 Å². The van der Waals surface area contributed by atoms with Crippen molar-refractivity contribution in [2.24, 2.45) is 5.92 Å². The van der Waals surface area contributed by atoms with Crippen molar-refractivity contribution in [1.29, 1.82) is 0 Å². The van der Waals surface area contributed by atoms with Gasteiger partial charge in [0.15, 0.2) is 0 Å². The number of amides is 1. The molecule has 0 aliphatic carbocycles. The zero-order chi connectivity index (χ0) is 14.5. The Labute approximate surface area is 130 Å². The third-order valence-electron chi connectivity index (χ3n) is 4.63. The summed E-state index contributed by atoms with van der Waals surface area (Å²) >= 11 is 1.80. The van der Waals surface area contributed by atoms with Crippen LogP contribution in [0.25, 0.3) is 0 Å². The number of carbonyl (C=O) groups is 1. The summed E-state index contributed by atoms with van der Waals surface area (Å²) in [6, 6.07) is 4.67. The summed E-state index contributed by atoms with van der Waals surface area (Å²) in [6.07, 6.45) is 4.51. The fourth-order valence-corrected chi connectivity index (χ4v) is 4.23. The first-order valence-electron chi connectivity index (χ1n) is 8.10. The second kappa shape index (κ2) is 7.38. The highest BCUT2D eigenvalue weighted by Crippen LogP contribution is 2.28. The Morgan fingerprint density at radius 3 is 2.81 bits per heavy atom. The predicted octanol–water partition coefficient (Wildman–Crippen LogP) is 2.00. The Morgan fingerprint density at radius 1 is 1.38 bits per heavy atom. The monoisotopic (exact) mass is 307 g/mol. The van der Waals surface area contributed by atoms with Gasteiger partial charge in [-0.25, -0.2) is 0 Å². The molecule has 5 heteroatoms. The van der Waals surface area contributed by atoms with Crippen LogP contribution < -0.4 is 10.6 Å². The van der Waals surface area contributed by atoms with Crippen LogP contribution >= 0.6 is 11.3 Å². The van der Waals surface area contributed by atoms with Gasteiger partial charge in [0.05, 0.1) is 6.04 Å². The number of hydrogen-bond donors (Lipinski definition) is 2. The molecule has 2 saturated heterocycles. The molecule has 0 radical (unpaired) electrons. The third kappa shape index (κ3) is 3.84. The van der Waals surface area contributed by atoms with Crippen molar-refractivity contribution in [3.05, 3.63) is 22.4 Å². The van der Waals surface area contributed by atoms with Crippen molar-refractivity contribution in [1.82, 2.24) is 15.5 Å². The minimum Gasteiger partial charge on any atom is -0.354 e. The van der Waals surface area contributed by atoms with Crippen molar-refractivity contribution >= 4 is 17.2 Å². The topological polar surface area (TPSA) is 44.4 Å². The van der Waals surface area contributed by atoms with Crippen molar-refractivity contribution in [2.45, 2.75) is 31.7 Å². The highest BCUT2D eigenvalue weighted by molar-refractivity contribution is 7.10. The molecule has 4 nitrogen and oxygen atoms in total. The first-order chi connectivity index (χ1) is 10.3. The zero-order valence-electron chi connectivity index (χ0n) is 12.5. The molecular weight excluding hydrogens is 282 g/mol. The largest absolute Gasteiger partial charge is 0.354 e. The maximum Gasteiger partial charge on any atom is 0.223 e. The molecule has 0 saturated carbocycles. The molecule has 3 rings (SSSR count). The van der Waals surface area contributed by atoms with Gasteiger partial charge < -0.3 is 10.6 Å². The van der Waals surface area contributed by atoms with Crippen LogP contribution in [0.5, 0.6) is 0 Å². The normalized spacial score (nSPS) is 22.3. The first-order valence-corrected chi connectivity index (χ1v) is 8.98. The molecule has 1 atom stereocenters. The van der Waals surface area contributed by atoms with Crippen molar-refractivity contribution in [3.8, 4) is 0 Å². The number of piperidine rings is 1. The molecule has 1 aromatic rings. The molecule has 116 valence electrons. The lowest BCUT2D eigenvalue weighted by Crippen LogP contribution is -2.42. The van der Waals surface area contributed by atoms with Gasteiger partial charge in [-0.05, 0) is 63.3 Å². The molecule has 2 fully saturated rings. The quantitative estimate of drug-likeness (QED) is 0.874. The van der Waals surface area contributed by atoms with Gasteiger partial charge in [-0.1, -0.05) is 6.07 Å². The summed E-state index contributed by atoms with van der Waals surface area (Å²) in [5.41, 5.74) is 0. The molecule has 2 aliphatic rings. The standard InChI is InChI=1S/C16H25N3OS/c20-16(13-5-7-17-8-6-13)18-12-14(15-4-3-11-21-15)19-9-1-2-10-19/h3-4,11,13-14,17H,1-2,5-10,12H2,(H,18,20). The van der Waals surface area contributed by atoms with Crippen LogP contribution in [-0.2, 0) is 4.79 Å². The maximum absolute atomic E-state index is 12.3. The average Bonchev–Trinajstić information content (AvgIpc) is 3.22. The predicted molar refractivity (Wildman–Crippen MR) is 86.5 cm³/mol. The van der Waals surface area contributed by atoms with E-state index in [9.17, 15) is 4.79 Å². The Hall–Kier alpha value is -0.910. The lowest BCUT2D eigenvalue weighted by molar-refractivity contribution is -0.126. The van der Waals surface area contributed by atoms with Gasteiger partial charge in [-0.15, -0.1) is 11.3 Å². The van der Waals surface area contributed by atoms with E-state index in [-0.39, 0.29) is 11.8 Å². The van der Waals surface area contributed by atoms with Gasteiger partial charge in [-0.3, -0.25) is 9.69 Å². The van der Waals surface area contributed by atoms with Crippen molar-refractivity contribution in [3.63, 3.8) is 0 Å². The summed E-state index contributed by atoms with van der Waals surface area (Å²) in [5, 5.41) is 8.66. The maximum atomic E-state index is 12.3. The van der Waals surface area contributed by atoms with Gasteiger partial charge in [0.2, 0.25) is 5.91 Å². The van der Waals surface area contributed by atoms with E-state index in [0.717, 1.165) is 45.6 Å².